The Bertz CT molecular complexity index is 190. The van der Waals surface area contributed by atoms with Crippen molar-refractivity contribution in [2.75, 3.05) is 0 Å². The molecule has 0 saturated carbocycles. The van der Waals surface area contributed by atoms with Crippen molar-refractivity contribution in [1.29, 1.82) is 0 Å². The summed E-state index contributed by atoms with van der Waals surface area (Å²) in [7, 11) is 0. The second-order valence-electron chi connectivity index (χ2n) is 5.20. The van der Waals surface area contributed by atoms with E-state index < -0.39 is 0 Å². The monoisotopic (exact) mass is 181 g/mol. The van der Waals surface area contributed by atoms with Crippen molar-refractivity contribution < 1.29 is 4.37 Å². The van der Waals surface area contributed by atoms with E-state index in [1.807, 2.05) is 0 Å². The van der Waals surface area contributed by atoms with Gasteiger partial charge in [0.15, 0.2) is 17.8 Å². The smallest absolute Gasteiger partial charge is 0.166 e. The third-order valence-corrected chi connectivity index (χ3v) is 4.58. The fourth-order valence-corrected chi connectivity index (χ4v) is 4.18. The van der Waals surface area contributed by atoms with Gasteiger partial charge in [0.1, 0.15) is 0 Å². The van der Waals surface area contributed by atoms with E-state index in [9.17, 15) is 0 Å². The Morgan fingerprint density at radius 3 is 2.23 bits per heavy atom. The summed E-state index contributed by atoms with van der Waals surface area (Å²) in [4.78, 5) is 0. The molecule has 3 heterocycles. The zero-order valence-corrected chi connectivity index (χ0v) is 8.72. The lowest BCUT2D eigenvalue weighted by Gasteiger charge is -2.30. The molecule has 0 radical (unpaired) electrons. The number of rotatable bonds is 2. The molecule has 3 atom stereocenters. The van der Waals surface area contributed by atoms with Gasteiger partial charge in [0.25, 0.3) is 0 Å². The second kappa shape index (κ2) is 2.73. The first-order valence-corrected chi connectivity index (χ1v) is 6.08. The molecule has 0 amide bonds. The molecular formula is C12H21O+. The second-order valence-corrected chi connectivity index (χ2v) is 5.20. The van der Waals surface area contributed by atoms with E-state index >= 15 is 0 Å². The summed E-state index contributed by atoms with van der Waals surface area (Å²) >= 11 is 0. The van der Waals surface area contributed by atoms with E-state index in [0.29, 0.717) is 5.60 Å². The molecule has 13 heavy (non-hydrogen) atoms. The molecule has 0 aromatic heterocycles. The van der Waals surface area contributed by atoms with Gasteiger partial charge in [0, 0.05) is 44.9 Å². The summed E-state index contributed by atoms with van der Waals surface area (Å²) in [5.74, 6) is 0. The molecule has 0 N–H and O–H groups in total. The maximum atomic E-state index is 3.82. The van der Waals surface area contributed by atoms with Gasteiger partial charge in [0.2, 0.25) is 0 Å². The minimum absolute atomic E-state index is 0.612. The maximum absolute atomic E-state index is 3.82. The summed E-state index contributed by atoms with van der Waals surface area (Å²) in [6, 6.07) is 0. The molecule has 1 nitrogen and oxygen atoms in total. The van der Waals surface area contributed by atoms with Crippen LogP contribution >= 0.6 is 0 Å². The van der Waals surface area contributed by atoms with Crippen molar-refractivity contribution >= 4 is 0 Å². The van der Waals surface area contributed by atoms with Crippen LogP contribution in [0.25, 0.3) is 0 Å². The van der Waals surface area contributed by atoms with Crippen LogP contribution in [0.2, 0.25) is 0 Å². The van der Waals surface area contributed by atoms with Gasteiger partial charge < -0.3 is 4.37 Å². The first-order chi connectivity index (χ1) is 6.36. The zero-order valence-electron chi connectivity index (χ0n) is 8.72. The van der Waals surface area contributed by atoms with Gasteiger partial charge in [-0.15, -0.1) is 0 Å². The maximum Gasteiger partial charge on any atom is 0.166 e. The Morgan fingerprint density at radius 2 is 1.69 bits per heavy atom. The largest absolute Gasteiger partial charge is 0.413 e. The van der Waals surface area contributed by atoms with Gasteiger partial charge in [-0.1, -0.05) is 6.92 Å². The molecule has 0 aromatic carbocycles. The van der Waals surface area contributed by atoms with Crippen LogP contribution < -0.4 is 0 Å². The van der Waals surface area contributed by atoms with Crippen molar-refractivity contribution in [2.24, 2.45) is 0 Å². The SMILES string of the molecule is CCCC12CC[C@H]3CC[C@@H](CC1)[O+]32. The first kappa shape index (κ1) is 8.28. The predicted molar refractivity (Wildman–Crippen MR) is 54.0 cm³/mol. The van der Waals surface area contributed by atoms with Crippen LogP contribution in [0.15, 0.2) is 0 Å². The molecule has 3 saturated heterocycles. The first-order valence-electron chi connectivity index (χ1n) is 6.08. The van der Waals surface area contributed by atoms with E-state index in [1.54, 1.807) is 0 Å². The van der Waals surface area contributed by atoms with Crippen molar-refractivity contribution in [3.63, 3.8) is 0 Å². The van der Waals surface area contributed by atoms with Gasteiger partial charge in [0.05, 0.1) is 0 Å². The Labute approximate surface area is 81.2 Å². The minimum Gasteiger partial charge on any atom is -0.413 e. The molecule has 0 spiro atoms. The van der Waals surface area contributed by atoms with E-state index in [4.69, 9.17) is 0 Å². The van der Waals surface area contributed by atoms with Crippen molar-refractivity contribution in [2.45, 2.75) is 76.1 Å². The van der Waals surface area contributed by atoms with Gasteiger partial charge in [-0.05, 0) is 6.42 Å². The van der Waals surface area contributed by atoms with Gasteiger partial charge in [-0.2, -0.15) is 0 Å². The minimum atomic E-state index is 0.612. The average Bonchev–Trinajstić information content (AvgIpc) is 2.70. The third-order valence-electron chi connectivity index (χ3n) is 4.58. The average molecular weight is 181 g/mol. The summed E-state index contributed by atoms with van der Waals surface area (Å²) in [5, 5.41) is 0. The fourth-order valence-electron chi connectivity index (χ4n) is 4.18. The van der Waals surface area contributed by atoms with Crippen LogP contribution in [0.4, 0.5) is 0 Å². The summed E-state index contributed by atoms with van der Waals surface area (Å²) in [6.07, 6.45) is 13.5. The van der Waals surface area contributed by atoms with E-state index in [1.165, 1.54) is 51.4 Å². The molecule has 0 bridgehead atoms. The molecule has 3 aliphatic rings. The molecule has 0 aromatic rings. The molecule has 1 heteroatoms. The quantitative estimate of drug-likeness (QED) is 0.575. The van der Waals surface area contributed by atoms with Crippen LogP contribution in [0.3, 0.4) is 0 Å². The highest BCUT2D eigenvalue weighted by Crippen LogP contribution is 2.57. The topological polar surface area (TPSA) is 2.70 Å². The van der Waals surface area contributed by atoms with Crippen molar-refractivity contribution in [3.8, 4) is 0 Å². The Hall–Kier alpha value is -0.0400. The molecule has 3 aliphatic heterocycles. The highest BCUT2D eigenvalue weighted by Gasteiger charge is 2.62. The number of hydrogen-bond acceptors (Lipinski definition) is 0. The van der Waals surface area contributed by atoms with E-state index in [0.717, 1.165) is 12.2 Å². The van der Waals surface area contributed by atoms with Gasteiger partial charge >= 0.3 is 0 Å². The van der Waals surface area contributed by atoms with E-state index in [-0.39, 0.29) is 0 Å². The van der Waals surface area contributed by atoms with Gasteiger partial charge in [-0.25, -0.2) is 0 Å². The van der Waals surface area contributed by atoms with E-state index in [2.05, 4.69) is 11.3 Å². The highest BCUT2D eigenvalue weighted by molar-refractivity contribution is 5.03. The summed E-state index contributed by atoms with van der Waals surface area (Å²) in [5.41, 5.74) is 0.612. The molecule has 74 valence electrons. The highest BCUT2D eigenvalue weighted by atomic mass is 16.7. The molecule has 0 aliphatic carbocycles. The lowest BCUT2D eigenvalue weighted by Crippen LogP contribution is -2.34. The zero-order chi connectivity index (χ0) is 8.89. The third kappa shape index (κ3) is 0.971. The Balaban J connectivity index is 1.88. The van der Waals surface area contributed by atoms with Crippen LogP contribution in [0, 0.1) is 0 Å². The summed E-state index contributed by atoms with van der Waals surface area (Å²) in [6.45, 7) is 2.34. The van der Waals surface area contributed by atoms with Crippen LogP contribution in [-0.2, 0) is 4.37 Å². The lowest BCUT2D eigenvalue weighted by atomic mass is 9.91. The predicted octanol–water partition coefficient (Wildman–Crippen LogP) is 3.20. The van der Waals surface area contributed by atoms with Crippen LogP contribution in [0.1, 0.15) is 58.3 Å². The van der Waals surface area contributed by atoms with Crippen molar-refractivity contribution in [3.05, 3.63) is 0 Å². The molecule has 3 fully saturated rings. The fraction of sp³-hybridized carbons (Fsp3) is 1.00. The molecule has 1 unspecified atom stereocenters. The van der Waals surface area contributed by atoms with Crippen molar-refractivity contribution in [1.82, 2.24) is 0 Å². The van der Waals surface area contributed by atoms with Crippen LogP contribution in [-0.4, -0.2) is 17.8 Å². The normalized spacial score (nSPS) is 48.7. The van der Waals surface area contributed by atoms with Crippen LogP contribution in [0.5, 0.6) is 0 Å². The molecular weight excluding hydrogens is 160 g/mol. The Morgan fingerprint density at radius 1 is 1.08 bits per heavy atom. The standard InChI is InChI=1S/C12H21O/c1-2-7-12-8-5-10-3-4-11(6-9-12)13(10)12/h10-11H,2-9H2,1H3/q+1/t10-,11+,12?. The van der Waals surface area contributed by atoms with Gasteiger partial charge in [-0.3, -0.25) is 0 Å². The molecule has 3 rings (SSSR count). The number of hydrogen-bond donors (Lipinski definition) is 0. The lowest BCUT2D eigenvalue weighted by molar-refractivity contribution is -0.237. The summed E-state index contributed by atoms with van der Waals surface area (Å²) < 4.78 is 3.82. The Kier molecular flexibility index (Phi) is 1.74.